The van der Waals surface area contributed by atoms with E-state index in [1.54, 1.807) is 17.9 Å². The number of furan rings is 1. The highest BCUT2D eigenvalue weighted by atomic mass is 79.9. The van der Waals surface area contributed by atoms with Crippen molar-refractivity contribution in [2.75, 3.05) is 13.1 Å². The van der Waals surface area contributed by atoms with Gasteiger partial charge < -0.3 is 14.4 Å². The van der Waals surface area contributed by atoms with Crippen LogP contribution in [0.25, 0.3) is 11.0 Å². The number of fused-ring (bicyclic) bond motifs is 1. The van der Waals surface area contributed by atoms with Gasteiger partial charge in [0.1, 0.15) is 5.58 Å². The van der Waals surface area contributed by atoms with Gasteiger partial charge in [-0.1, -0.05) is 0 Å². The Morgan fingerprint density at radius 2 is 2.09 bits per heavy atom. The minimum Gasteiger partial charge on any atom is -0.481 e. The molecule has 1 aliphatic heterocycles. The Kier molecular flexibility index (Phi) is 3.96. The maximum atomic E-state index is 12.7. The molecule has 0 bridgehead atoms. The molecule has 2 heterocycles. The summed E-state index contributed by atoms with van der Waals surface area (Å²) in [6.07, 6.45) is 1.26. The molecule has 6 heteroatoms. The molecule has 0 aliphatic carbocycles. The van der Waals surface area contributed by atoms with Gasteiger partial charge in [0.2, 0.25) is 0 Å². The number of carboxylic acids is 1. The number of aliphatic carboxylic acids is 1. The highest BCUT2D eigenvalue weighted by Gasteiger charge is 2.40. The SMILES string of the molecule is Cc1cc(Br)c2oc(C(=O)N3CCCC(C)(C(=O)O)C3)cc2c1. The lowest BCUT2D eigenvalue weighted by atomic mass is 9.82. The molecule has 1 aromatic carbocycles. The number of halogens is 1. The summed E-state index contributed by atoms with van der Waals surface area (Å²) in [4.78, 5) is 25.7. The van der Waals surface area contributed by atoms with Crippen LogP contribution >= 0.6 is 15.9 Å². The smallest absolute Gasteiger partial charge is 0.311 e. The molecule has 122 valence electrons. The minimum atomic E-state index is -0.892. The average Bonchev–Trinajstić information content (AvgIpc) is 2.90. The zero-order chi connectivity index (χ0) is 16.8. The molecule has 1 unspecified atom stereocenters. The van der Waals surface area contributed by atoms with Crippen LogP contribution in [0.1, 0.15) is 35.9 Å². The van der Waals surface area contributed by atoms with Crippen molar-refractivity contribution in [1.82, 2.24) is 4.90 Å². The molecule has 1 atom stereocenters. The van der Waals surface area contributed by atoms with Gasteiger partial charge in [-0.15, -0.1) is 0 Å². The second-order valence-electron chi connectivity index (χ2n) is 6.47. The summed E-state index contributed by atoms with van der Waals surface area (Å²) in [6, 6.07) is 5.61. The molecular weight excluding hydrogens is 362 g/mol. The molecule has 1 amide bonds. The largest absolute Gasteiger partial charge is 0.481 e. The molecule has 2 aromatic rings. The van der Waals surface area contributed by atoms with Gasteiger partial charge in [-0.2, -0.15) is 0 Å². The van der Waals surface area contributed by atoms with E-state index in [4.69, 9.17) is 4.42 Å². The van der Waals surface area contributed by atoms with Gasteiger partial charge >= 0.3 is 5.97 Å². The summed E-state index contributed by atoms with van der Waals surface area (Å²) in [5.74, 6) is -0.864. The highest BCUT2D eigenvalue weighted by Crippen LogP contribution is 2.33. The summed E-state index contributed by atoms with van der Waals surface area (Å²) in [6.45, 7) is 4.42. The van der Waals surface area contributed by atoms with E-state index in [-0.39, 0.29) is 18.2 Å². The maximum Gasteiger partial charge on any atom is 0.311 e. The van der Waals surface area contributed by atoms with Gasteiger partial charge in [0.05, 0.1) is 9.89 Å². The Balaban J connectivity index is 1.91. The Labute approximate surface area is 142 Å². The first-order valence-corrected chi connectivity index (χ1v) is 8.32. The number of hydrogen-bond donors (Lipinski definition) is 1. The van der Waals surface area contributed by atoms with E-state index in [0.717, 1.165) is 15.4 Å². The van der Waals surface area contributed by atoms with Gasteiger partial charge in [-0.05, 0) is 66.4 Å². The normalized spacial score (nSPS) is 21.6. The van der Waals surface area contributed by atoms with E-state index < -0.39 is 11.4 Å². The van der Waals surface area contributed by atoms with Gasteiger partial charge in [0, 0.05) is 18.5 Å². The number of carbonyl (C=O) groups excluding carboxylic acids is 1. The summed E-state index contributed by atoms with van der Waals surface area (Å²) < 4.78 is 6.52. The number of hydrogen-bond acceptors (Lipinski definition) is 3. The van der Waals surface area contributed by atoms with Gasteiger partial charge in [-0.3, -0.25) is 9.59 Å². The molecule has 23 heavy (non-hydrogen) atoms. The lowest BCUT2D eigenvalue weighted by Gasteiger charge is -2.37. The number of aryl methyl sites for hydroxylation is 1. The first kappa shape index (κ1) is 16.1. The van der Waals surface area contributed by atoms with Crippen molar-refractivity contribution < 1.29 is 19.1 Å². The predicted molar refractivity (Wildman–Crippen MR) is 89.5 cm³/mol. The van der Waals surface area contributed by atoms with Crippen LogP contribution in [0.15, 0.2) is 27.1 Å². The second-order valence-corrected chi connectivity index (χ2v) is 7.33. The molecule has 1 N–H and O–H groups in total. The van der Waals surface area contributed by atoms with Crippen LogP contribution in [0.5, 0.6) is 0 Å². The molecule has 1 aliphatic rings. The highest BCUT2D eigenvalue weighted by molar-refractivity contribution is 9.10. The number of carbonyl (C=O) groups is 2. The van der Waals surface area contributed by atoms with Crippen molar-refractivity contribution in [2.24, 2.45) is 5.41 Å². The van der Waals surface area contributed by atoms with E-state index in [1.807, 2.05) is 19.1 Å². The second kappa shape index (κ2) is 5.67. The number of rotatable bonds is 2. The van der Waals surface area contributed by atoms with Crippen molar-refractivity contribution >= 4 is 38.8 Å². The molecule has 0 spiro atoms. The average molecular weight is 380 g/mol. The number of nitrogens with zero attached hydrogens (tertiary/aromatic N) is 1. The molecular formula is C17H18BrNO4. The molecule has 0 saturated carbocycles. The van der Waals surface area contributed by atoms with Crippen LogP contribution < -0.4 is 0 Å². The summed E-state index contributed by atoms with van der Waals surface area (Å²) in [5.41, 5.74) is 0.814. The van der Waals surface area contributed by atoms with E-state index in [9.17, 15) is 14.7 Å². The Bertz CT molecular complexity index is 797. The molecule has 5 nitrogen and oxygen atoms in total. The predicted octanol–water partition coefficient (Wildman–Crippen LogP) is 3.83. The fraction of sp³-hybridized carbons (Fsp3) is 0.412. The standard InChI is InChI=1S/C17H18BrNO4/c1-10-6-11-8-13(23-14(11)12(18)7-10)15(20)19-5-3-4-17(2,9-19)16(21)22/h6-8H,3-5,9H2,1-2H3,(H,21,22). The summed E-state index contributed by atoms with van der Waals surface area (Å²) in [7, 11) is 0. The monoisotopic (exact) mass is 379 g/mol. The Hall–Kier alpha value is -1.82. The fourth-order valence-electron chi connectivity index (χ4n) is 3.10. The summed E-state index contributed by atoms with van der Waals surface area (Å²) in [5, 5.41) is 10.2. The van der Waals surface area contributed by atoms with Gasteiger partial charge in [-0.25, -0.2) is 0 Å². The van der Waals surface area contributed by atoms with Crippen LogP contribution in [0, 0.1) is 12.3 Å². The molecule has 1 saturated heterocycles. The number of benzene rings is 1. The number of amides is 1. The van der Waals surface area contributed by atoms with Gasteiger partial charge in [0.15, 0.2) is 5.76 Å². The van der Waals surface area contributed by atoms with Crippen molar-refractivity contribution in [3.05, 3.63) is 34.0 Å². The van der Waals surface area contributed by atoms with Crippen LogP contribution in [0.3, 0.4) is 0 Å². The summed E-state index contributed by atoms with van der Waals surface area (Å²) >= 11 is 3.45. The molecule has 1 fully saturated rings. The van der Waals surface area contributed by atoms with Crippen LogP contribution in [0.2, 0.25) is 0 Å². The van der Waals surface area contributed by atoms with Crippen molar-refractivity contribution in [3.63, 3.8) is 0 Å². The van der Waals surface area contributed by atoms with Crippen LogP contribution in [-0.2, 0) is 4.79 Å². The van der Waals surface area contributed by atoms with E-state index in [2.05, 4.69) is 15.9 Å². The minimum absolute atomic E-state index is 0.207. The fourth-order valence-corrected chi connectivity index (χ4v) is 3.77. The first-order valence-electron chi connectivity index (χ1n) is 7.52. The number of piperidine rings is 1. The molecule has 1 aromatic heterocycles. The number of likely N-dealkylation sites (tertiary alicyclic amines) is 1. The van der Waals surface area contributed by atoms with Crippen molar-refractivity contribution in [3.8, 4) is 0 Å². The Morgan fingerprint density at radius 1 is 1.35 bits per heavy atom. The lowest BCUT2D eigenvalue weighted by molar-refractivity contribution is -0.150. The van der Waals surface area contributed by atoms with Crippen molar-refractivity contribution in [1.29, 1.82) is 0 Å². The molecule has 0 radical (unpaired) electrons. The van der Waals surface area contributed by atoms with E-state index in [0.29, 0.717) is 25.0 Å². The van der Waals surface area contributed by atoms with Crippen LogP contribution in [0.4, 0.5) is 0 Å². The number of carboxylic acid groups (broad SMARTS) is 1. The van der Waals surface area contributed by atoms with E-state index in [1.165, 1.54) is 0 Å². The third-order valence-electron chi connectivity index (χ3n) is 4.43. The van der Waals surface area contributed by atoms with E-state index >= 15 is 0 Å². The molecule has 3 rings (SSSR count). The topological polar surface area (TPSA) is 70.8 Å². The third kappa shape index (κ3) is 2.87. The maximum absolute atomic E-state index is 12.7. The zero-order valence-corrected chi connectivity index (χ0v) is 14.6. The quantitative estimate of drug-likeness (QED) is 0.860. The Morgan fingerprint density at radius 3 is 2.78 bits per heavy atom. The van der Waals surface area contributed by atoms with Crippen LogP contribution in [-0.4, -0.2) is 35.0 Å². The third-order valence-corrected chi connectivity index (χ3v) is 5.02. The lowest BCUT2D eigenvalue weighted by Crippen LogP contribution is -2.48. The first-order chi connectivity index (χ1) is 10.8. The van der Waals surface area contributed by atoms with Gasteiger partial charge in [0.25, 0.3) is 5.91 Å². The zero-order valence-electron chi connectivity index (χ0n) is 13.1. The van der Waals surface area contributed by atoms with Crippen molar-refractivity contribution in [2.45, 2.75) is 26.7 Å².